The molecule has 0 amide bonds. The molecule has 0 aromatic rings. The molecule has 0 bridgehead atoms. The Bertz CT molecular complexity index is 517. The van der Waals surface area contributed by atoms with E-state index in [-0.39, 0.29) is 17.4 Å². The van der Waals surface area contributed by atoms with Gasteiger partial charge in [-0.15, -0.1) is 0 Å². The van der Waals surface area contributed by atoms with Gasteiger partial charge in [0.05, 0.1) is 6.10 Å². The monoisotopic (exact) mass is 350 g/mol. The molecule has 0 aromatic heterocycles. The zero-order chi connectivity index (χ0) is 18.0. The van der Waals surface area contributed by atoms with Crippen molar-refractivity contribution in [3.05, 3.63) is 0 Å². The van der Waals surface area contributed by atoms with Crippen molar-refractivity contribution in [1.82, 2.24) is 0 Å². The minimum atomic E-state index is -0.994. The van der Waals surface area contributed by atoms with Crippen LogP contribution in [-0.2, 0) is 4.74 Å². The average molecular weight is 351 g/mol. The number of hydrogen-bond donors (Lipinski definition) is 2. The average Bonchev–Trinajstić information content (AvgIpc) is 2.93. The fourth-order valence-corrected chi connectivity index (χ4v) is 8.26. The Morgan fingerprint density at radius 3 is 2.32 bits per heavy atom. The molecule has 0 radical (unpaired) electrons. The van der Waals surface area contributed by atoms with Crippen LogP contribution in [0.15, 0.2) is 0 Å². The van der Waals surface area contributed by atoms with E-state index in [9.17, 15) is 10.2 Å². The summed E-state index contributed by atoms with van der Waals surface area (Å²) in [5, 5.41) is 21.0. The van der Waals surface area contributed by atoms with Gasteiger partial charge in [-0.3, -0.25) is 0 Å². The Morgan fingerprint density at radius 1 is 0.920 bits per heavy atom. The fraction of sp³-hybridized carbons (Fsp3) is 1.00. The molecule has 4 aliphatic carbocycles. The van der Waals surface area contributed by atoms with Gasteiger partial charge in [0, 0.05) is 13.0 Å². The Kier molecular flexibility index (Phi) is 4.34. The van der Waals surface area contributed by atoms with Crippen molar-refractivity contribution in [3.8, 4) is 0 Å². The van der Waals surface area contributed by atoms with E-state index in [0.717, 1.165) is 42.9 Å². The zero-order valence-corrected chi connectivity index (χ0v) is 16.6. The van der Waals surface area contributed by atoms with Crippen LogP contribution in [0.5, 0.6) is 0 Å². The van der Waals surface area contributed by atoms with E-state index >= 15 is 0 Å². The van der Waals surface area contributed by atoms with Crippen LogP contribution in [0, 0.1) is 40.4 Å². The summed E-state index contributed by atoms with van der Waals surface area (Å²) in [5.74, 6) is 2.36. The van der Waals surface area contributed by atoms with Gasteiger partial charge < -0.3 is 14.9 Å². The van der Waals surface area contributed by atoms with Crippen LogP contribution in [0.3, 0.4) is 0 Å². The molecule has 4 rings (SSSR count). The number of methoxy groups -OCH3 is 1. The predicted octanol–water partition coefficient (Wildman–Crippen LogP) is 4.36. The predicted molar refractivity (Wildman–Crippen MR) is 98.9 cm³/mol. The molecule has 144 valence electrons. The van der Waals surface area contributed by atoms with Crippen molar-refractivity contribution >= 4 is 0 Å². The van der Waals surface area contributed by atoms with Gasteiger partial charge in [-0.25, -0.2) is 0 Å². The number of hydrogen-bond acceptors (Lipinski definition) is 3. The molecule has 3 nitrogen and oxygen atoms in total. The summed E-state index contributed by atoms with van der Waals surface area (Å²) in [4.78, 5) is 0. The van der Waals surface area contributed by atoms with Gasteiger partial charge in [0.1, 0.15) is 0 Å². The summed E-state index contributed by atoms with van der Waals surface area (Å²) < 4.78 is 5.52. The smallest absolute Gasteiger partial charge is 0.165 e. The highest BCUT2D eigenvalue weighted by Gasteiger charge is 2.62. The van der Waals surface area contributed by atoms with Crippen molar-refractivity contribution in [2.45, 2.75) is 90.4 Å². The van der Waals surface area contributed by atoms with Gasteiger partial charge in [0.2, 0.25) is 0 Å². The SMILES string of the molecule is COC(C)(O)C1CCC2C3CC[C@H]4CC(O)CCC4(C)C3CCC21C. The van der Waals surface area contributed by atoms with E-state index in [4.69, 9.17) is 4.74 Å². The van der Waals surface area contributed by atoms with Gasteiger partial charge in [-0.05, 0) is 99.2 Å². The third-order valence-electron chi connectivity index (χ3n) is 9.70. The summed E-state index contributed by atoms with van der Waals surface area (Å²) in [6.07, 6.45) is 10.7. The maximum Gasteiger partial charge on any atom is 0.165 e. The topological polar surface area (TPSA) is 49.7 Å². The van der Waals surface area contributed by atoms with E-state index in [1.165, 1.54) is 38.5 Å². The highest BCUT2D eigenvalue weighted by Crippen LogP contribution is 2.68. The standard InChI is InChI=1S/C22H38O3/c1-20-11-9-15(23)13-14(20)5-6-16-17-7-8-19(22(3,24)25-4)21(17,2)12-10-18(16)20/h14-19,23-24H,5-13H2,1-4H3/t14-,15?,16?,17?,18?,19?,20?,21?,22?/m0/s1. The highest BCUT2D eigenvalue weighted by atomic mass is 16.6. The Hall–Kier alpha value is -0.120. The second-order valence-corrected chi connectivity index (χ2v) is 10.5. The van der Waals surface area contributed by atoms with Crippen LogP contribution < -0.4 is 0 Å². The maximum atomic E-state index is 10.8. The molecule has 0 saturated heterocycles. The lowest BCUT2D eigenvalue weighted by Crippen LogP contribution is -2.55. The molecule has 25 heavy (non-hydrogen) atoms. The number of ether oxygens (including phenoxy) is 1. The second kappa shape index (κ2) is 5.94. The first-order chi connectivity index (χ1) is 11.7. The van der Waals surface area contributed by atoms with Gasteiger partial charge in [-0.1, -0.05) is 13.8 Å². The van der Waals surface area contributed by atoms with Crippen molar-refractivity contribution in [2.24, 2.45) is 40.4 Å². The first-order valence-corrected chi connectivity index (χ1v) is 10.7. The molecule has 0 aromatic carbocycles. The Balaban J connectivity index is 1.60. The molecule has 4 saturated carbocycles. The molecule has 0 spiro atoms. The normalized spacial score (nSPS) is 55.0. The molecule has 4 fully saturated rings. The number of rotatable bonds is 2. The van der Waals surface area contributed by atoms with E-state index in [0.29, 0.717) is 5.41 Å². The lowest BCUT2D eigenvalue weighted by atomic mass is 9.44. The van der Waals surface area contributed by atoms with E-state index in [2.05, 4.69) is 13.8 Å². The summed E-state index contributed by atoms with van der Waals surface area (Å²) in [5.41, 5.74) is 0.656. The van der Waals surface area contributed by atoms with Gasteiger partial charge in [0.25, 0.3) is 0 Å². The lowest BCUT2D eigenvalue weighted by molar-refractivity contribution is -0.238. The minimum absolute atomic E-state index is 0.0591. The van der Waals surface area contributed by atoms with Gasteiger partial charge >= 0.3 is 0 Å². The van der Waals surface area contributed by atoms with E-state index in [1.807, 2.05) is 6.92 Å². The largest absolute Gasteiger partial charge is 0.393 e. The van der Waals surface area contributed by atoms with E-state index in [1.54, 1.807) is 7.11 Å². The molecular formula is C22H38O3. The lowest BCUT2D eigenvalue weighted by Gasteiger charge is -2.61. The molecular weight excluding hydrogens is 312 g/mol. The molecule has 2 N–H and O–H groups in total. The summed E-state index contributed by atoms with van der Waals surface area (Å²) in [6.45, 7) is 6.86. The quantitative estimate of drug-likeness (QED) is 0.728. The molecule has 9 atom stereocenters. The zero-order valence-electron chi connectivity index (χ0n) is 16.6. The van der Waals surface area contributed by atoms with Crippen LogP contribution in [0.4, 0.5) is 0 Å². The van der Waals surface area contributed by atoms with Crippen molar-refractivity contribution in [2.75, 3.05) is 7.11 Å². The number of aliphatic hydroxyl groups is 2. The number of aliphatic hydroxyl groups excluding tert-OH is 1. The van der Waals surface area contributed by atoms with Crippen LogP contribution in [0.1, 0.15) is 78.6 Å². The van der Waals surface area contributed by atoms with Crippen molar-refractivity contribution < 1.29 is 14.9 Å². The summed E-state index contributed by atoms with van der Waals surface area (Å²) >= 11 is 0. The van der Waals surface area contributed by atoms with Crippen LogP contribution in [-0.4, -0.2) is 29.2 Å². The van der Waals surface area contributed by atoms with Crippen LogP contribution >= 0.6 is 0 Å². The third-order valence-corrected chi connectivity index (χ3v) is 9.70. The van der Waals surface area contributed by atoms with Crippen molar-refractivity contribution in [1.29, 1.82) is 0 Å². The summed E-state index contributed by atoms with van der Waals surface area (Å²) in [7, 11) is 1.65. The first kappa shape index (κ1) is 18.3. The molecule has 0 aliphatic heterocycles. The third kappa shape index (κ3) is 2.56. The molecule has 4 aliphatic rings. The fourth-order valence-electron chi connectivity index (χ4n) is 8.26. The number of fused-ring (bicyclic) bond motifs is 5. The first-order valence-electron chi connectivity index (χ1n) is 10.7. The van der Waals surface area contributed by atoms with Crippen LogP contribution in [0.25, 0.3) is 0 Å². The second-order valence-electron chi connectivity index (χ2n) is 10.5. The van der Waals surface area contributed by atoms with Gasteiger partial charge in [-0.2, -0.15) is 0 Å². The molecule has 3 heteroatoms. The Morgan fingerprint density at radius 2 is 1.60 bits per heavy atom. The van der Waals surface area contributed by atoms with E-state index < -0.39 is 5.79 Å². The maximum absolute atomic E-state index is 10.8. The molecule has 0 heterocycles. The van der Waals surface area contributed by atoms with Crippen molar-refractivity contribution in [3.63, 3.8) is 0 Å². The molecule has 8 unspecified atom stereocenters. The minimum Gasteiger partial charge on any atom is -0.393 e. The highest BCUT2D eigenvalue weighted by molar-refractivity contribution is 5.10. The van der Waals surface area contributed by atoms with Gasteiger partial charge in [0.15, 0.2) is 5.79 Å². The van der Waals surface area contributed by atoms with Crippen LogP contribution in [0.2, 0.25) is 0 Å². The Labute approximate surface area is 153 Å². The summed E-state index contributed by atoms with van der Waals surface area (Å²) in [6, 6.07) is 0.